The van der Waals surface area contributed by atoms with Gasteiger partial charge in [-0.2, -0.15) is 13.2 Å². The van der Waals surface area contributed by atoms with E-state index in [-0.39, 0.29) is 12.1 Å². The van der Waals surface area contributed by atoms with Crippen molar-refractivity contribution in [1.82, 2.24) is 9.80 Å². The summed E-state index contributed by atoms with van der Waals surface area (Å²) in [6.07, 6.45) is -2.83. The Bertz CT molecular complexity index is 688. The number of hydrogen-bond acceptors (Lipinski definition) is 2. The van der Waals surface area contributed by atoms with Crippen molar-refractivity contribution < 1.29 is 27.2 Å². The van der Waals surface area contributed by atoms with Crippen LogP contribution in [-0.4, -0.2) is 41.8 Å². The van der Waals surface area contributed by atoms with Crippen LogP contribution in [0.2, 0.25) is 0 Å². The molecule has 4 nitrogen and oxygen atoms in total. The Morgan fingerprint density at radius 3 is 2.68 bits per heavy atom. The van der Waals surface area contributed by atoms with Crippen LogP contribution in [0.15, 0.2) is 30.9 Å². The van der Waals surface area contributed by atoms with E-state index >= 15 is 0 Å². The van der Waals surface area contributed by atoms with E-state index in [4.69, 9.17) is 0 Å². The summed E-state index contributed by atoms with van der Waals surface area (Å²) in [5, 5.41) is 0. The summed E-state index contributed by atoms with van der Waals surface area (Å²) in [6, 6.07) is 2.30. The Hall–Kier alpha value is -2.38. The fraction of sp³-hybridized carbons (Fsp3) is 0.412. The predicted molar refractivity (Wildman–Crippen MR) is 82.9 cm³/mol. The van der Waals surface area contributed by atoms with Gasteiger partial charge in [-0.3, -0.25) is 9.59 Å². The number of likely N-dealkylation sites (tertiary alicyclic amines) is 1. The van der Waals surface area contributed by atoms with E-state index in [0.717, 1.165) is 17.0 Å². The molecule has 0 aromatic heterocycles. The molecule has 1 saturated heterocycles. The van der Waals surface area contributed by atoms with Gasteiger partial charge in [-0.25, -0.2) is 4.39 Å². The van der Waals surface area contributed by atoms with E-state index in [0.29, 0.717) is 25.5 Å². The minimum Gasteiger partial charge on any atom is -0.334 e. The van der Waals surface area contributed by atoms with Gasteiger partial charge in [0.15, 0.2) is 0 Å². The van der Waals surface area contributed by atoms with Gasteiger partial charge < -0.3 is 9.80 Å². The van der Waals surface area contributed by atoms with Crippen LogP contribution in [0.25, 0.3) is 0 Å². The highest BCUT2D eigenvalue weighted by molar-refractivity contribution is 5.90. The molecule has 25 heavy (non-hydrogen) atoms. The average Bonchev–Trinajstić information content (AvgIpc) is 3.02. The second kappa shape index (κ2) is 7.25. The van der Waals surface area contributed by atoms with E-state index in [2.05, 4.69) is 6.58 Å². The lowest BCUT2D eigenvalue weighted by Crippen LogP contribution is -2.40. The molecule has 2 amide bonds. The monoisotopic (exact) mass is 358 g/mol. The number of benzene rings is 1. The van der Waals surface area contributed by atoms with Gasteiger partial charge in [0.2, 0.25) is 11.8 Å². The second-order valence-electron chi connectivity index (χ2n) is 5.85. The molecule has 1 aromatic rings. The first-order valence-corrected chi connectivity index (χ1v) is 7.69. The molecule has 0 radical (unpaired) electrons. The molecule has 0 aliphatic carbocycles. The fourth-order valence-corrected chi connectivity index (χ4v) is 2.94. The van der Waals surface area contributed by atoms with E-state index in [1.807, 2.05) is 0 Å². The maximum absolute atomic E-state index is 14.4. The maximum atomic E-state index is 14.4. The van der Waals surface area contributed by atoms with Gasteiger partial charge >= 0.3 is 6.18 Å². The third-order valence-corrected chi connectivity index (χ3v) is 4.19. The quantitative estimate of drug-likeness (QED) is 0.613. The first-order chi connectivity index (χ1) is 11.7. The number of carbonyl (C=O) groups is 2. The molecule has 0 saturated carbocycles. The molecule has 1 aliphatic rings. The van der Waals surface area contributed by atoms with Crippen LogP contribution in [-0.2, 0) is 15.8 Å². The van der Waals surface area contributed by atoms with Gasteiger partial charge in [-0.05, 0) is 25.0 Å². The molecular formula is C17H18F4N2O2. The summed E-state index contributed by atoms with van der Waals surface area (Å²) in [6.45, 7) is 3.37. The standard InChI is InChI=1S/C17H18F4N2O2/c1-3-14(24)22(2)10-15(25)23-9-5-8-13(23)11-6-4-7-12(16(11)18)17(19,20)21/h3-4,6-7,13H,1,5,8-10H2,2H3. The highest BCUT2D eigenvalue weighted by Gasteiger charge is 2.38. The highest BCUT2D eigenvalue weighted by atomic mass is 19.4. The van der Waals surface area contributed by atoms with Crippen molar-refractivity contribution in [3.05, 3.63) is 47.8 Å². The molecule has 1 atom stereocenters. The minimum atomic E-state index is -4.80. The minimum absolute atomic E-state index is 0.154. The lowest BCUT2D eigenvalue weighted by molar-refractivity contribution is -0.140. The van der Waals surface area contributed by atoms with E-state index in [1.165, 1.54) is 18.0 Å². The molecule has 1 unspecified atom stereocenters. The molecule has 8 heteroatoms. The van der Waals surface area contributed by atoms with Crippen LogP contribution in [0, 0.1) is 5.82 Å². The average molecular weight is 358 g/mol. The Kier molecular flexibility index (Phi) is 5.49. The zero-order chi connectivity index (χ0) is 18.8. The smallest absolute Gasteiger partial charge is 0.334 e. The fourth-order valence-electron chi connectivity index (χ4n) is 2.94. The van der Waals surface area contributed by atoms with Gasteiger partial charge in [0.1, 0.15) is 5.82 Å². The Labute approximate surface area is 142 Å². The summed E-state index contributed by atoms with van der Waals surface area (Å²) in [4.78, 5) is 26.4. The summed E-state index contributed by atoms with van der Waals surface area (Å²) < 4.78 is 53.1. The molecule has 0 spiro atoms. The third-order valence-electron chi connectivity index (χ3n) is 4.19. The summed E-state index contributed by atoms with van der Waals surface area (Å²) >= 11 is 0. The molecule has 1 fully saturated rings. The number of hydrogen-bond donors (Lipinski definition) is 0. The van der Waals surface area contributed by atoms with Crippen LogP contribution in [0.1, 0.15) is 30.0 Å². The number of alkyl halides is 3. The zero-order valence-corrected chi connectivity index (χ0v) is 13.6. The van der Waals surface area contributed by atoms with Crippen LogP contribution >= 0.6 is 0 Å². The largest absolute Gasteiger partial charge is 0.419 e. The Balaban J connectivity index is 2.26. The molecule has 136 valence electrons. The van der Waals surface area contributed by atoms with Crippen molar-refractivity contribution in [2.24, 2.45) is 0 Å². The molecule has 1 heterocycles. The van der Waals surface area contributed by atoms with Gasteiger partial charge in [0.05, 0.1) is 18.2 Å². The number of nitrogens with zero attached hydrogens (tertiary/aromatic N) is 2. The SMILES string of the molecule is C=CC(=O)N(C)CC(=O)N1CCCC1c1cccc(C(F)(F)F)c1F. The van der Waals surface area contributed by atoms with Crippen LogP contribution in [0.3, 0.4) is 0 Å². The number of carbonyl (C=O) groups excluding carboxylic acids is 2. The first-order valence-electron chi connectivity index (χ1n) is 7.69. The lowest BCUT2D eigenvalue weighted by atomic mass is 10.0. The van der Waals surface area contributed by atoms with Crippen LogP contribution < -0.4 is 0 Å². The second-order valence-corrected chi connectivity index (χ2v) is 5.85. The van der Waals surface area contributed by atoms with Crippen molar-refractivity contribution in [1.29, 1.82) is 0 Å². The molecule has 0 bridgehead atoms. The van der Waals surface area contributed by atoms with Gasteiger partial charge in [0, 0.05) is 19.2 Å². The number of rotatable bonds is 4. The normalized spacial score (nSPS) is 17.5. The van der Waals surface area contributed by atoms with Crippen molar-refractivity contribution in [3.8, 4) is 0 Å². The van der Waals surface area contributed by atoms with E-state index < -0.39 is 35.4 Å². The van der Waals surface area contributed by atoms with Crippen molar-refractivity contribution >= 4 is 11.8 Å². The van der Waals surface area contributed by atoms with Crippen molar-refractivity contribution in [3.63, 3.8) is 0 Å². The Morgan fingerprint density at radius 2 is 2.08 bits per heavy atom. The van der Waals surface area contributed by atoms with Gasteiger partial charge in [0.25, 0.3) is 0 Å². The molecule has 2 rings (SSSR count). The molecule has 1 aromatic carbocycles. The summed E-state index contributed by atoms with van der Waals surface area (Å²) in [5.74, 6) is -2.25. The lowest BCUT2D eigenvalue weighted by Gasteiger charge is -2.28. The summed E-state index contributed by atoms with van der Waals surface area (Å²) in [7, 11) is 1.41. The number of halogens is 4. The molecular weight excluding hydrogens is 340 g/mol. The van der Waals surface area contributed by atoms with Gasteiger partial charge in [-0.15, -0.1) is 0 Å². The molecule has 0 N–H and O–H groups in total. The molecule has 1 aliphatic heterocycles. The topological polar surface area (TPSA) is 40.6 Å². The highest BCUT2D eigenvalue weighted by Crippen LogP contribution is 2.38. The summed E-state index contributed by atoms with van der Waals surface area (Å²) in [5.41, 5.74) is -1.50. The van der Waals surface area contributed by atoms with Crippen LogP contribution in [0.4, 0.5) is 17.6 Å². The first kappa shape index (κ1) is 19.0. The van der Waals surface area contributed by atoms with Crippen molar-refractivity contribution in [2.75, 3.05) is 20.1 Å². The third kappa shape index (κ3) is 4.00. The van der Waals surface area contributed by atoms with Crippen molar-refractivity contribution in [2.45, 2.75) is 25.1 Å². The number of amides is 2. The zero-order valence-electron chi connectivity index (χ0n) is 13.6. The van der Waals surface area contributed by atoms with Crippen LogP contribution in [0.5, 0.6) is 0 Å². The predicted octanol–water partition coefficient (Wildman–Crippen LogP) is 3.15. The van der Waals surface area contributed by atoms with E-state index in [1.54, 1.807) is 0 Å². The van der Waals surface area contributed by atoms with E-state index in [9.17, 15) is 27.2 Å². The number of likely N-dealkylation sites (N-methyl/N-ethyl adjacent to an activating group) is 1. The van der Waals surface area contributed by atoms with Gasteiger partial charge in [-0.1, -0.05) is 18.7 Å². The maximum Gasteiger partial charge on any atom is 0.419 e. The Morgan fingerprint density at radius 1 is 1.40 bits per heavy atom.